The standard InChI is InChI=1S/C28H26Cl3N3O4S/c29-22-8-3-5-19(15-22)16-26(35)32-11-13-33(14-12-32)28(36)25-17-20-6-1-2-7-21(20)18-34(25)39(37,38)27-23(30)9-4-10-24(27)31/h1-10,15,25H,11-14,16-18H2. The average molecular weight is 607 g/mol. The van der Waals surface area contributed by atoms with E-state index in [1.54, 1.807) is 34.1 Å². The van der Waals surface area contributed by atoms with Gasteiger partial charge in [0, 0.05) is 37.7 Å². The Morgan fingerprint density at radius 3 is 2.08 bits per heavy atom. The van der Waals surface area contributed by atoms with E-state index in [1.165, 1.54) is 16.4 Å². The van der Waals surface area contributed by atoms with E-state index in [0.717, 1.165) is 16.7 Å². The molecule has 2 heterocycles. The summed E-state index contributed by atoms with van der Waals surface area (Å²) in [7, 11) is -4.21. The Morgan fingerprint density at radius 1 is 0.795 bits per heavy atom. The maximum absolute atomic E-state index is 13.9. The molecule has 0 aromatic heterocycles. The van der Waals surface area contributed by atoms with Gasteiger partial charge in [-0.25, -0.2) is 8.42 Å². The van der Waals surface area contributed by atoms with E-state index in [-0.39, 0.29) is 46.1 Å². The van der Waals surface area contributed by atoms with Crippen molar-refractivity contribution in [1.29, 1.82) is 0 Å². The van der Waals surface area contributed by atoms with Gasteiger partial charge >= 0.3 is 0 Å². The van der Waals surface area contributed by atoms with Gasteiger partial charge in [0.05, 0.1) is 16.5 Å². The van der Waals surface area contributed by atoms with E-state index >= 15 is 0 Å². The molecule has 3 aromatic rings. The second-order valence-electron chi connectivity index (χ2n) is 9.60. The number of hydrogen-bond acceptors (Lipinski definition) is 4. The van der Waals surface area contributed by atoms with Gasteiger partial charge in [0.15, 0.2) is 0 Å². The van der Waals surface area contributed by atoms with E-state index in [2.05, 4.69) is 0 Å². The zero-order valence-corrected chi connectivity index (χ0v) is 24.0. The number of carbonyl (C=O) groups is 2. The van der Waals surface area contributed by atoms with E-state index in [1.807, 2.05) is 30.3 Å². The Bertz CT molecular complexity index is 1500. The molecule has 39 heavy (non-hydrogen) atoms. The van der Waals surface area contributed by atoms with Crippen LogP contribution in [0.25, 0.3) is 0 Å². The van der Waals surface area contributed by atoms with Crippen molar-refractivity contribution in [3.63, 3.8) is 0 Å². The second kappa shape index (κ2) is 11.5. The Balaban J connectivity index is 1.35. The lowest BCUT2D eigenvalue weighted by molar-refractivity contribution is -0.142. The SMILES string of the molecule is O=C(Cc1cccc(Cl)c1)N1CCN(C(=O)C2Cc3ccccc3CN2S(=O)(=O)c2c(Cl)cccc2Cl)CC1. The minimum Gasteiger partial charge on any atom is -0.339 e. The number of fused-ring (bicyclic) bond motifs is 1. The summed E-state index contributed by atoms with van der Waals surface area (Å²) in [6, 6.07) is 18.2. The highest BCUT2D eigenvalue weighted by Gasteiger charge is 2.43. The van der Waals surface area contributed by atoms with E-state index in [4.69, 9.17) is 34.8 Å². The van der Waals surface area contributed by atoms with Gasteiger partial charge in [-0.2, -0.15) is 4.31 Å². The number of carbonyl (C=O) groups excluding carboxylic acids is 2. The van der Waals surface area contributed by atoms with Crippen LogP contribution in [0.4, 0.5) is 0 Å². The first kappa shape index (κ1) is 27.9. The molecule has 3 aromatic carbocycles. The lowest BCUT2D eigenvalue weighted by Gasteiger charge is -2.40. The summed E-state index contributed by atoms with van der Waals surface area (Å²) in [6.45, 7) is 1.35. The summed E-state index contributed by atoms with van der Waals surface area (Å²) in [5, 5.41) is 0.570. The highest BCUT2D eigenvalue weighted by Crippen LogP contribution is 2.36. The topological polar surface area (TPSA) is 78.0 Å². The molecule has 204 valence electrons. The third-order valence-electron chi connectivity index (χ3n) is 7.16. The fourth-order valence-corrected chi connectivity index (χ4v) is 8.00. The summed E-state index contributed by atoms with van der Waals surface area (Å²) in [5.41, 5.74) is 2.57. The maximum Gasteiger partial charge on any atom is 0.247 e. The van der Waals surface area contributed by atoms with Crippen LogP contribution < -0.4 is 0 Å². The number of halogens is 3. The summed E-state index contributed by atoms with van der Waals surface area (Å²) in [4.78, 5) is 29.9. The van der Waals surface area contributed by atoms with Gasteiger partial charge in [-0.05, 0) is 47.4 Å². The van der Waals surface area contributed by atoms with Crippen molar-refractivity contribution in [2.75, 3.05) is 26.2 Å². The van der Waals surface area contributed by atoms with Crippen LogP contribution >= 0.6 is 34.8 Å². The molecule has 0 radical (unpaired) electrons. The monoisotopic (exact) mass is 605 g/mol. The molecule has 2 amide bonds. The van der Waals surface area contributed by atoms with Crippen molar-refractivity contribution >= 4 is 56.6 Å². The van der Waals surface area contributed by atoms with Gasteiger partial charge in [0.25, 0.3) is 0 Å². The molecule has 0 bridgehead atoms. The van der Waals surface area contributed by atoms with Crippen LogP contribution in [-0.2, 0) is 39.0 Å². The Kier molecular flexibility index (Phi) is 8.21. The van der Waals surface area contributed by atoms with Crippen molar-refractivity contribution in [2.24, 2.45) is 0 Å². The number of rotatable bonds is 5. The van der Waals surface area contributed by atoms with Crippen molar-refractivity contribution in [3.8, 4) is 0 Å². The number of piperazine rings is 1. The first-order valence-electron chi connectivity index (χ1n) is 12.5. The molecule has 0 saturated carbocycles. The molecule has 0 aliphatic carbocycles. The van der Waals surface area contributed by atoms with Crippen LogP contribution in [0, 0.1) is 0 Å². The number of benzene rings is 3. The molecule has 2 aliphatic heterocycles. The third kappa shape index (κ3) is 5.81. The van der Waals surface area contributed by atoms with Crippen LogP contribution in [-0.4, -0.2) is 66.6 Å². The fraction of sp³-hybridized carbons (Fsp3) is 0.286. The van der Waals surface area contributed by atoms with Crippen LogP contribution in [0.2, 0.25) is 15.1 Å². The van der Waals surface area contributed by atoms with Gasteiger partial charge in [-0.15, -0.1) is 0 Å². The molecule has 1 unspecified atom stereocenters. The van der Waals surface area contributed by atoms with E-state index in [9.17, 15) is 18.0 Å². The minimum atomic E-state index is -4.21. The van der Waals surface area contributed by atoms with Gasteiger partial charge in [0.1, 0.15) is 10.9 Å². The smallest absolute Gasteiger partial charge is 0.247 e. The van der Waals surface area contributed by atoms with Crippen LogP contribution in [0.1, 0.15) is 16.7 Å². The highest BCUT2D eigenvalue weighted by atomic mass is 35.5. The summed E-state index contributed by atoms with van der Waals surface area (Å²) >= 11 is 18.6. The second-order valence-corrected chi connectivity index (χ2v) is 12.7. The van der Waals surface area contributed by atoms with Gasteiger partial charge in [0.2, 0.25) is 21.8 Å². The van der Waals surface area contributed by atoms with E-state index < -0.39 is 16.1 Å². The average Bonchev–Trinajstić information content (AvgIpc) is 2.92. The van der Waals surface area contributed by atoms with Crippen molar-refractivity contribution in [2.45, 2.75) is 30.3 Å². The number of hydrogen-bond donors (Lipinski definition) is 0. The Labute approximate surface area is 242 Å². The largest absolute Gasteiger partial charge is 0.339 e. The van der Waals surface area contributed by atoms with Crippen LogP contribution in [0.3, 0.4) is 0 Å². The van der Waals surface area contributed by atoms with Crippen LogP contribution in [0.15, 0.2) is 71.6 Å². The molecule has 0 N–H and O–H groups in total. The maximum atomic E-state index is 13.9. The zero-order chi connectivity index (χ0) is 27.7. The summed E-state index contributed by atoms with van der Waals surface area (Å²) < 4.78 is 29.0. The van der Waals surface area contributed by atoms with Gasteiger partial charge in [-0.1, -0.05) is 77.3 Å². The molecule has 1 fully saturated rings. The first-order chi connectivity index (χ1) is 18.6. The molecule has 11 heteroatoms. The van der Waals surface area contributed by atoms with Crippen LogP contribution in [0.5, 0.6) is 0 Å². The predicted molar refractivity (Wildman–Crippen MR) is 151 cm³/mol. The molecule has 1 saturated heterocycles. The van der Waals surface area contributed by atoms with E-state index in [0.29, 0.717) is 31.2 Å². The molecule has 5 rings (SSSR count). The molecular weight excluding hydrogens is 581 g/mol. The van der Waals surface area contributed by atoms with Crippen molar-refractivity contribution in [3.05, 3.63) is 98.5 Å². The summed E-state index contributed by atoms with van der Waals surface area (Å²) in [5.74, 6) is -0.355. The molecule has 1 atom stereocenters. The molecular formula is C28H26Cl3N3O4S. The Morgan fingerprint density at radius 2 is 1.41 bits per heavy atom. The number of nitrogens with zero attached hydrogens (tertiary/aromatic N) is 3. The Hall–Kier alpha value is -2.62. The number of sulfonamides is 1. The van der Waals surface area contributed by atoms with Crippen molar-refractivity contribution < 1.29 is 18.0 Å². The molecule has 2 aliphatic rings. The third-order valence-corrected chi connectivity index (χ3v) is 10.2. The quantitative estimate of drug-likeness (QED) is 0.423. The molecule has 7 nitrogen and oxygen atoms in total. The van der Waals surface area contributed by atoms with Crippen molar-refractivity contribution in [1.82, 2.24) is 14.1 Å². The lowest BCUT2D eigenvalue weighted by Crippen LogP contribution is -2.58. The predicted octanol–water partition coefficient (Wildman–Crippen LogP) is 4.68. The lowest BCUT2D eigenvalue weighted by atomic mass is 9.95. The van der Waals surface area contributed by atoms with Gasteiger partial charge < -0.3 is 9.80 Å². The zero-order valence-electron chi connectivity index (χ0n) is 20.9. The number of amides is 2. The summed E-state index contributed by atoms with van der Waals surface area (Å²) in [6.07, 6.45) is 0.447. The molecule has 0 spiro atoms. The highest BCUT2D eigenvalue weighted by molar-refractivity contribution is 7.89. The normalized spacial score (nSPS) is 18.1. The first-order valence-corrected chi connectivity index (χ1v) is 15.1. The van der Waals surface area contributed by atoms with Gasteiger partial charge in [-0.3, -0.25) is 9.59 Å². The minimum absolute atomic E-state index is 0.000567. The fourth-order valence-electron chi connectivity index (χ4n) is 5.13.